The summed E-state index contributed by atoms with van der Waals surface area (Å²) in [7, 11) is 0. The lowest BCUT2D eigenvalue weighted by Crippen LogP contribution is -2.03. The van der Waals surface area contributed by atoms with Crippen LogP contribution in [0.2, 0.25) is 0 Å². The lowest BCUT2D eigenvalue weighted by Gasteiger charge is -2.13. The van der Waals surface area contributed by atoms with Crippen LogP contribution in [0.3, 0.4) is 0 Å². The summed E-state index contributed by atoms with van der Waals surface area (Å²) in [4.78, 5) is 12.3. The molecule has 6 heteroatoms. The van der Waals surface area contributed by atoms with Gasteiger partial charge in [0.05, 0.1) is 38.8 Å². The van der Waals surface area contributed by atoms with Crippen LogP contribution in [0.25, 0.3) is 147 Å². The molecule has 1 aliphatic rings. The molecule has 66 heavy (non-hydrogen) atoms. The molecule has 16 rings (SSSR count). The van der Waals surface area contributed by atoms with Crippen molar-refractivity contribution < 1.29 is 0 Å². The monoisotopic (exact) mass is 855 g/mol. The Hall–Kier alpha value is -8.58. The fraction of sp³-hybridized carbons (Fsp3) is 0. The molecular weight excluding hydrogens is 823 g/mol. The molecule has 304 valence electrons. The van der Waals surface area contributed by atoms with E-state index in [0.717, 1.165) is 49.4 Å². The average molecular weight is 856 g/mol. The Morgan fingerprint density at radius 1 is 0.348 bits per heavy atom. The highest BCUT2D eigenvalue weighted by Crippen LogP contribution is 2.52. The largest absolute Gasteiger partial charge is 0.309 e. The highest BCUT2D eigenvalue weighted by atomic mass is 32.1. The zero-order valence-corrected chi connectivity index (χ0v) is 36.0. The number of para-hydroxylation sites is 2. The van der Waals surface area contributed by atoms with Gasteiger partial charge in [-0.15, -0.1) is 11.3 Å². The second-order valence-electron chi connectivity index (χ2n) is 17.7. The Kier molecular flexibility index (Phi) is 6.64. The topological polar surface area (TPSA) is 40.6 Å². The van der Waals surface area contributed by atoms with Crippen molar-refractivity contribution in [1.82, 2.24) is 23.7 Å². The lowest BCUT2D eigenvalue weighted by atomic mass is 9.95. The van der Waals surface area contributed by atoms with Gasteiger partial charge in [-0.2, -0.15) is 0 Å². The van der Waals surface area contributed by atoms with E-state index >= 15 is 0 Å². The Bertz CT molecular complexity index is 4630. The predicted molar refractivity (Wildman–Crippen MR) is 277 cm³/mol. The van der Waals surface area contributed by atoms with Gasteiger partial charge < -0.3 is 9.13 Å². The van der Waals surface area contributed by atoms with Gasteiger partial charge in [0.1, 0.15) is 4.83 Å². The van der Waals surface area contributed by atoms with Crippen LogP contribution in [0.15, 0.2) is 200 Å². The van der Waals surface area contributed by atoms with Crippen LogP contribution < -0.4 is 0 Å². The predicted octanol–water partition coefficient (Wildman–Crippen LogP) is 16.1. The molecule has 15 aromatic rings. The summed E-state index contributed by atoms with van der Waals surface area (Å²) in [5.41, 5.74) is 13.7. The van der Waals surface area contributed by atoms with Crippen molar-refractivity contribution in [3.8, 4) is 39.7 Å². The summed E-state index contributed by atoms with van der Waals surface area (Å²) in [6, 6.07) is 73.2. The maximum absolute atomic E-state index is 5.77. The van der Waals surface area contributed by atoms with Gasteiger partial charge in [-0.1, -0.05) is 140 Å². The van der Waals surface area contributed by atoms with Gasteiger partial charge >= 0.3 is 0 Å². The molecule has 0 N–H and O–H groups in total. The number of aromatic nitrogens is 5. The molecule has 0 spiro atoms. The molecule has 1 aliphatic carbocycles. The van der Waals surface area contributed by atoms with Gasteiger partial charge in [0.15, 0.2) is 0 Å². The van der Waals surface area contributed by atoms with Gasteiger partial charge in [0, 0.05) is 70.1 Å². The molecule has 5 aromatic heterocycles. The first-order chi connectivity index (χ1) is 32.8. The van der Waals surface area contributed by atoms with Crippen LogP contribution in [0.4, 0.5) is 0 Å². The van der Waals surface area contributed by atoms with E-state index in [4.69, 9.17) is 9.97 Å². The molecule has 0 bridgehead atoms. The van der Waals surface area contributed by atoms with Gasteiger partial charge in [0.25, 0.3) is 0 Å². The van der Waals surface area contributed by atoms with Crippen LogP contribution in [-0.2, 0) is 0 Å². The number of thiophene rings is 1. The third-order valence-corrected chi connectivity index (χ3v) is 15.4. The molecule has 0 radical (unpaired) electrons. The second kappa shape index (κ2) is 12.6. The van der Waals surface area contributed by atoms with Crippen molar-refractivity contribution >= 4 is 119 Å². The molecule has 0 unspecified atom stereocenters. The number of nitrogens with zero attached hydrogens (tertiary/aromatic N) is 5. The van der Waals surface area contributed by atoms with Gasteiger partial charge in [-0.3, -0.25) is 4.57 Å². The number of benzene rings is 10. The fourth-order valence-electron chi connectivity index (χ4n) is 11.7. The van der Waals surface area contributed by atoms with Crippen molar-refractivity contribution in [3.63, 3.8) is 0 Å². The minimum Gasteiger partial charge on any atom is -0.309 e. The summed E-state index contributed by atoms with van der Waals surface area (Å²) in [6.45, 7) is 0. The Balaban J connectivity index is 1.04. The van der Waals surface area contributed by atoms with E-state index in [1.807, 2.05) is 0 Å². The van der Waals surface area contributed by atoms with Gasteiger partial charge in [-0.25, -0.2) is 9.97 Å². The van der Waals surface area contributed by atoms with Crippen LogP contribution in [0, 0.1) is 0 Å². The zero-order valence-electron chi connectivity index (χ0n) is 35.2. The van der Waals surface area contributed by atoms with Gasteiger partial charge in [-0.05, 0) is 87.9 Å². The van der Waals surface area contributed by atoms with E-state index in [1.165, 1.54) is 91.6 Å². The number of fused-ring (bicyclic) bond motifs is 9. The molecule has 0 saturated carbocycles. The maximum Gasteiger partial charge on any atom is 0.236 e. The molecule has 0 aliphatic heterocycles. The van der Waals surface area contributed by atoms with E-state index in [-0.39, 0.29) is 0 Å². The SMILES string of the molecule is c1ccc(-n2c3ccc4cccc5c4c3c3c4c6c-5cccc6n(-c5nc(-c6ccc7c8ccc9ccccc9c8n(-c8ccccc8)c7c6)c6c(n5)sc5ccccc56)c4ccc32)cc1. The fourth-order valence-corrected chi connectivity index (χ4v) is 12.8. The standard InChI is InChI=1S/C60H33N5S/c1-3-15-37(16-4-1)63-46-30-27-35-14-11-21-41-42-22-12-23-45-52(42)55-48(32-31-47(63)56(55)54(46)51(35)41)65(45)60-61-57(53-44-20-9-10-24-50(44)66-59(53)62-60)36-26-28-40-43-29-25-34-13-7-8-19-39(34)58(43)64(49(40)33-36)38-17-5-2-6-18-38/h1-33H. The summed E-state index contributed by atoms with van der Waals surface area (Å²) >= 11 is 1.74. The van der Waals surface area contributed by atoms with Crippen LogP contribution in [-0.4, -0.2) is 23.7 Å². The van der Waals surface area contributed by atoms with E-state index in [1.54, 1.807) is 11.3 Å². The number of hydrogen-bond donors (Lipinski definition) is 0. The number of hydrogen-bond acceptors (Lipinski definition) is 3. The average Bonchev–Trinajstić information content (AvgIpc) is 4.10. The smallest absolute Gasteiger partial charge is 0.236 e. The Labute approximate surface area is 380 Å². The van der Waals surface area contributed by atoms with Crippen molar-refractivity contribution in [2.75, 3.05) is 0 Å². The van der Waals surface area contributed by atoms with Crippen LogP contribution >= 0.6 is 11.3 Å². The van der Waals surface area contributed by atoms with Crippen molar-refractivity contribution in [2.24, 2.45) is 0 Å². The molecular formula is C60H33N5S. The van der Waals surface area contributed by atoms with Crippen molar-refractivity contribution in [2.45, 2.75) is 0 Å². The third-order valence-electron chi connectivity index (χ3n) is 14.4. The first-order valence-electron chi connectivity index (χ1n) is 22.5. The molecule has 10 aromatic carbocycles. The minimum absolute atomic E-state index is 0.668. The molecule has 5 nitrogen and oxygen atoms in total. The molecule has 0 atom stereocenters. The Morgan fingerprint density at radius 2 is 0.955 bits per heavy atom. The number of rotatable bonds is 4. The molecule has 0 saturated heterocycles. The normalized spacial score (nSPS) is 12.5. The summed E-state index contributed by atoms with van der Waals surface area (Å²) < 4.78 is 8.43. The summed E-state index contributed by atoms with van der Waals surface area (Å²) in [5.74, 6) is 0.668. The van der Waals surface area contributed by atoms with Crippen LogP contribution in [0.1, 0.15) is 0 Å². The second-order valence-corrected chi connectivity index (χ2v) is 18.7. The molecule has 0 amide bonds. The highest BCUT2D eigenvalue weighted by molar-refractivity contribution is 7.25. The lowest BCUT2D eigenvalue weighted by molar-refractivity contribution is 1.02. The van der Waals surface area contributed by atoms with Crippen LogP contribution in [0.5, 0.6) is 0 Å². The highest BCUT2D eigenvalue weighted by Gasteiger charge is 2.29. The molecule has 5 heterocycles. The van der Waals surface area contributed by atoms with E-state index in [0.29, 0.717) is 5.95 Å². The Morgan fingerprint density at radius 3 is 1.79 bits per heavy atom. The van der Waals surface area contributed by atoms with E-state index in [9.17, 15) is 0 Å². The van der Waals surface area contributed by atoms with Crippen molar-refractivity contribution in [1.29, 1.82) is 0 Å². The minimum atomic E-state index is 0.668. The van der Waals surface area contributed by atoms with Crippen molar-refractivity contribution in [3.05, 3.63) is 200 Å². The summed E-state index contributed by atoms with van der Waals surface area (Å²) in [5, 5.41) is 14.7. The zero-order chi connectivity index (χ0) is 42.8. The van der Waals surface area contributed by atoms with Gasteiger partial charge in [0.2, 0.25) is 5.95 Å². The first kappa shape index (κ1) is 34.9. The molecule has 0 fully saturated rings. The van der Waals surface area contributed by atoms with E-state index < -0.39 is 0 Å². The summed E-state index contributed by atoms with van der Waals surface area (Å²) in [6.07, 6.45) is 0. The first-order valence-corrected chi connectivity index (χ1v) is 23.3. The quantitative estimate of drug-likeness (QED) is 0.177. The maximum atomic E-state index is 5.77. The third kappa shape index (κ3) is 4.39. The van der Waals surface area contributed by atoms with E-state index in [2.05, 4.69) is 214 Å².